The van der Waals surface area contributed by atoms with Gasteiger partial charge >= 0.3 is 0 Å². The molecule has 0 saturated heterocycles. The van der Waals surface area contributed by atoms with Gasteiger partial charge in [-0.2, -0.15) is 0 Å². The zero-order valence-electron chi connectivity index (χ0n) is 9.62. The molecule has 0 radical (unpaired) electrons. The average molecular weight is 197 g/mol. The minimum atomic E-state index is -0.347. The normalized spacial score (nSPS) is 8.29. The summed E-state index contributed by atoms with van der Waals surface area (Å²) in [6.45, 7) is 6.03. The molecule has 14 heavy (non-hydrogen) atoms. The highest BCUT2D eigenvalue weighted by molar-refractivity contribution is 5.22. The van der Waals surface area contributed by atoms with Crippen molar-refractivity contribution in [2.45, 2.75) is 26.9 Å². The SMILES string of the molecule is CC.CN.Cc1ccc(C(N)N)cc1. The van der Waals surface area contributed by atoms with Crippen molar-refractivity contribution < 1.29 is 0 Å². The van der Waals surface area contributed by atoms with E-state index in [1.807, 2.05) is 45.0 Å². The van der Waals surface area contributed by atoms with Crippen LogP contribution in [0.1, 0.15) is 31.1 Å². The second-order valence-corrected chi connectivity index (χ2v) is 2.44. The van der Waals surface area contributed by atoms with E-state index >= 15 is 0 Å². The van der Waals surface area contributed by atoms with E-state index in [-0.39, 0.29) is 6.17 Å². The molecular weight excluding hydrogens is 174 g/mol. The summed E-state index contributed by atoms with van der Waals surface area (Å²) in [6.07, 6.45) is -0.347. The Bertz CT molecular complexity index is 204. The Hall–Kier alpha value is -0.900. The molecule has 0 unspecified atom stereocenters. The van der Waals surface area contributed by atoms with E-state index in [1.165, 1.54) is 12.6 Å². The second kappa shape index (κ2) is 10.2. The molecule has 6 N–H and O–H groups in total. The van der Waals surface area contributed by atoms with Crippen molar-refractivity contribution in [2.24, 2.45) is 17.2 Å². The predicted molar refractivity (Wildman–Crippen MR) is 63.8 cm³/mol. The lowest BCUT2D eigenvalue weighted by Gasteiger charge is -2.04. The van der Waals surface area contributed by atoms with Crippen LogP contribution in [0, 0.1) is 6.92 Å². The van der Waals surface area contributed by atoms with Crippen LogP contribution in [0.3, 0.4) is 0 Å². The largest absolute Gasteiger partial charge is 0.333 e. The first-order valence-corrected chi connectivity index (χ1v) is 4.85. The van der Waals surface area contributed by atoms with Gasteiger partial charge in [-0.3, -0.25) is 0 Å². The van der Waals surface area contributed by atoms with Gasteiger partial charge in [-0.25, -0.2) is 0 Å². The van der Waals surface area contributed by atoms with Gasteiger partial charge in [0, 0.05) is 0 Å². The number of nitrogens with two attached hydrogens (primary N) is 3. The highest BCUT2D eigenvalue weighted by Crippen LogP contribution is 2.05. The van der Waals surface area contributed by atoms with Crippen LogP contribution >= 0.6 is 0 Å². The number of rotatable bonds is 1. The minimum Gasteiger partial charge on any atom is -0.333 e. The fraction of sp³-hybridized carbons (Fsp3) is 0.455. The molecule has 0 aliphatic rings. The molecule has 0 aliphatic carbocycles. The van der Waals surface area contributed by atoms with Crippen LogP contribution in [0.15, 0.2) is 24.3 Å². The number of benzene rings is 1. The molecule has 0 saturated carbocycles. The lowest BCUT2D eigenvalue weighted by Crippen LogP contribution is -2.19. The quantitative estimate of drug-likeness (QED) is 0.597. The zero-order chi connectivity index (χ0) is 11.6. The number of hydrogen-bond acceptors (Lipinski definition) is 3. The van der Waals surface area contributed by atoms with Crippen LogP contribution in [-0.4, -0.2) is 7.05 Å². The molecule has 0 aromatic heterocycles. The summed E-state index contributed by atoms with van der Waals surface area (Å²) in [5.74, 6) is 0. The highest BCUT2D eigenvalue weighted by Gasteiger charge is 1.95. The summed E-state index contributed by atoms with van der Waals surface area (Å²) in [6, 6.07) is 7.89. The van der Waals surface area contributed by atoms with Crippen molar-refractivity contribution in [3.8, 4) is 0 Å². The van der Waals surface area contributed by atoms with Gasteiger partial charge in [-0.05, 0) is 19.5 Å². The Balaban J connectivity index is 0. The summed E-state index contributed by atoms with van der Waals surface area (Å²) < 4.78 is 0. The number of hydrogen-bond donors (Lipinski definition) is 3. The van der Waals surface area contributed by atoms with E-state index in [0.717, 1.165) is 5.56 Å². The monoisotopic (exact) mass is 197 g/mol. The van der Waals surface area contributed by atoms with Gasteiger partial charge in [0.15, 0.2) is 0 Å². The molecular formula is C11H23N3. The predicted octanol–water partition coefficient (Wildman–Crippen LogP) is 1.51. The van der Waals surface area contributed by atoms with Crippen LogP contribution in [0.5, 0.6) is 0 Å². The van der Waals surface area contributed by atoms with E-state index in [2.05, 4.69) is 5.73 Å². The Morgan fingerprint density at radius 1 is 0.929 bits per heavy atom. The maximum Gasteiger partial charge on any atom is 0.0784 e. The first-order valence-electron chi connectivity index (χ1n) is 4.85. The molecule has 1 aromatic carbocycles. The Morgan fingerprint density at radius 2 is 1.29 bits per heavy atom. The third-order valence-corrected chi connectivity index (χ3v) is 1.46. The van der Waals surface area contributed by atoms with Crippen LogP contribution in [0.2, 0.25) is 0 Å². The number of aryl methyl sites for hydroxylation is 1. The van der Waals surface area contributed by atoms with Gasteiger partial charge in [0.25, 0.3) is 0 Å². The Labute approximate surface area is 87.3 Å². The van der Waals surface area contributed by atoms with E-state index in [1.54, 1.807) is 0 Å². The van der Waals surface area contributed by atoms with Crippen LogP contribution in [-0.2, 0) is 0 Å². The first-order chi connectivity index (χ1) is 6.70. The van der Waals surface area contributed by atoms with Gasteiger partial charge in [0.1, 0.15) is 0 Å². The molecule has 1 aromatic rings. The Morgan fingerprint density at radius 3 is 1.57 bits per heavy atom. The summed E-state index contributed by atoms with van der Waals surface area (Å²) in [4.78, 5) is 0. The fourth-order valence-corrected chi connectivity index (χ4v) is 0.789. The lowest BCUT2D eigenvalue weighted by molar-refractivity contribution is 0.773. The topological polar surface area (TPSA) is 78.1 Å². The molecule has 0 aliphatic heterocycles. The van der Waals surface area contributed by atoms with E-state index in [4.69, 9.17) is 11.5 Å². The van der Waals surface area contributed by atoms with E-state index in [9.17, 15) is 0 Å². The molecule has 0 spiro atoms. The van der Waals surface area contributed by atoms with E-state index < -0.39 is 0 Å². The van der Waals surface area contributed by atoms with Gasteiger partial charge in [0.05, 0.1) is 6.17 Å². The molecule has 0 bridgehead atoms. The summed E-state index contributed by atoms with van der Waals surface area (Å²) in [7, 11) is 1.50. The van der Waals surface area contributed by atoms with Crippen molar-refractivity contribution in [3.05, 3.63) is 35.4 Å². The van der Waals surface area contributed by atoms with Crippen LogP contribution < -0.4 is 17.2 Å². The van der Waals surface area contributed by atoms with Crippen molar-refractivity contribution in [2.75, 3.05) is 7.05 Å². The molecule has 3 heteroatoms. The maximum absolute atomic E-state index is 5.44. The molecule has 82 valence electrons. The van der Waals surface area contributed by atoms with Crippen molar-refractivity contribution in [3.63, 3.8) is 0 Å². The standard InChI is InChI=1S/C8H12N2.C2H6.CH5N/c1-6-2-4-7(5-3-6)8(9)10;2*1-2/h2-5,8H,9-10H2,1H3;1-2H3;2H2,1H3. The van der Waals surface area contributed by atoms with Gasteiger partial charge in [0.2, 0.25) is 0 Å². The van der Waals surface area contributed by atoms with Gasteiger partial charge in [-0.15, -0.1) is 0 Å². The summed E-state index contributed by atoms with van der Waals surface area (Å²) >= 11 is 0. The first kappa shape index (κ1) is 15.6. The molecule has 1 rings (SSSR count). The van der Waals surface area contributed by atoms with Gasteiger partial charge in [-0.1, -0.05) is 43.7 Å². The third-order valence-electron chi connectivity index (χ3n) is 1.46. The second-order valence-electron chi connectivity index (χ2n) is 2.44. The van der Waals surface area contributed by atoms with E-state index in [0.29, 0.717) is 0 Å². The molecule has 0 fully saturated rings. The lowest BCUT2D eigenvalue weighted by atomic mass is 10.1. The third kappa shape index (κ3) is 6.60. The van der Waals surface area contributed by atoms with Crippen molar-refractivity contribution in [1.29, 1.82) is 0 Å². The zero-order valence-corrected chi connectivity index (χ0v) is 9.62. The average Bonchev–Trinajstić information content (AvgIpc) is 2.24. The summed E-state index contributed by atoms with van der Waals surface area (Å²) in [5.41, 5.74) is 17.6. The van der Waals surface area contributed by atoms with Crippen LogP contribution in [0.25, 0.3) is 0 Å². The van der Waals surface area contributed by atoms with Crippen LogP contribution in [0.4, 0.5) is 0 Å². The highest BCUT2D eigenvalue weighted by atomic mass is 14.8. The minimum absolute atomic E-state index is 0.347. The smallest absolute Gasteiger partial charge is 0.0784 e. The molecule has 3 nitrogen and oxygen atoms in total. The van der Waals surface area contributed by atoms with Crippen molar-refractivity contribution >= 4 is 0 Å². The maximum atomic E-state index is 5.44. The molecule has 0 heterocycles. The fourth-order valence-electron chi connectivity index (χ4n) is 0.789. The van der Waals surface area contributed by atoms with Crippen molar-refractivity contribution in [1.82, 2.24) is 0 Å². The summed E-state index contributed by atoms with van der Waals surface area (Å²) in [5, 5.41) is 0. The molecule has 0 amide bonds. The molecule has 0 atom stereocenters. The van der Waals surface area contributed by atoms with Gasteiger partial charge < -0.3 is 17.2 Å². The Kier molecular flexibility index (Phi) is 11.3.